The molecule has 0 radical (unpaired) electrons. The first-order valence-electron chi connectivity index (χ1n) is 7.27. The molecule has 1 atom stereocenters. The number of halogens is 1. The van der Waals surface area contributed by atoms with Crippen LogP contribution in [0.25, 0.3) is 0 Å². The molecule has 0 aliphatic heterocycles. The maximum absolute atomic E-state index is 13.9. The van der Waals surface area contributed by atoms with Gasteiger partial charge >= 0.3 is 0 Å². The van der Waals surface area contributed by atoms with Crippen molar-refractivity contribution in [2.24, 2.45) is 0 Å². The lowest BCUT2D eigenvalue weighted by Crippen LogP contribution is -2.21. The fourth-order valence-corrected chi connectivity index (χ4v) is 5.26. The van der Waals surface area contributed by atoms with Crippen molar-refractivity contribution in [3.63, 3.8) is 0 Å². The molecule has 0 aromatic heterocycles. The Morgan fingerprint density at radius 1 is 0.739 bits per heavy atom. The topological polar surface area (TPSA) is 37.3 Å². The number of hydrogen-bond donors (Lipinski definition) is 1. The summed E-state index contributed by atoms with van der Waals surface area (Å²) < 4.78 is 27.0. The Morgan fingerprint density at radius 3 is 1.61 bits per heavy atom. The standard InChI is InChI=1S/C19H16FO2P/c20-16-13-11-15(12-14-16)19(21)23(22,17-7-3-1-4-8-17)18-9-5-2-6-10-18/h1-14,19,21H/t19-/m0/s1. The van der Waals surface area contributed by atoms with Gasteiger partial charge < -0.3 is 9.67 Å². The van der Waals surface area contributed by atoms with Crippen LogP contribution in [0.4, 0.5) is 4.39 Å². The molecule has 0 unspecified atom stereocenters. The second-order valence-electron chi connectivity index (χ2n) is 5.25. The minimum Gasteiger partial charge on any atom is -0.380 e. The highest BCUT2D eigenvalue weighted by atomic mass is 31.2. The fourth-order valence-electron chi connectivity index (χ4n) is 2.58. The van der Waals surface area contributed by atoms with Gasteiger partial charge in [-0.3, -0.25) is 0 Å². The van der Waals surface area contributed by atoms with Crippen LogP contribution in [0.15, 0.2) is 84.9 Å². The number of rotatable bonds is 4. The molecule has 0 aliphatic carbocycles. The molecule has 23 heavy (non-hydrogen) atoms. The van der Waals surface area contributed by atoms with Gasteiger partial charge in [0.1, 0.15) is 11.7 Å². The van der Waals surface area contributed by atoms with Gasteiger partial charge in [-0.25, -0.2) is 4.39 Å². The highest BCUT2D eigenvalue weighted by Crippen LogP contribution is 2.55. The number of aliphatic hydroxyl groups excluding tert-OH is 1. The van der Waals surface area contributed by atoms with Crippen LogP contribution in [0.1, 0.15) is 11.4 Å². The molecule has 116 valence electrons. The van der Waals surface area contributed by atoms with Gasteiger partial charge in [-0.1, -0.05) is 72.8 Å². The van der Waals surface area contributed by atoms with E-state index in [0.717, 1.165) is 0 Å². The predicted octanol–water partition coefficient (Wildman–Crippen LogP) is 3.83. The van der Waals surface area contributed by atoms with Crippen LogP contribution in [0.5, 0.6) is 0 Å². The summed E-state index contributed by atoms with van der Waals surface area (Å²) in [5, 5.41) is 12.0. The highest BCUT2D eigenvalue weighted by Gasteiger charge is 2.36. The molecule has 0 fully saturated rings. The minimum atomic E-state index is -3.32. The Labute approximate surface area is 134 Å². The van der Waals surface area contributed by atoms with E-state index in [-0.39, 0.29) is 0 Å². The normalized spacial score (nSPS) is 12.8. The SMILES string of the molecule is O=P(c1ccccc1)(c1ccccc1)[C@H](O)c1ccc(F)cc1. The molecule has 3 aromatic rings. The Hall–Kier alpha value is -2.22. The van der Waals surface area contributed by atoms with Gasteiger partial charge in [-0.2, -0.15) is 0 Å². The molecule has 0 amide bonds. The predicted molar refractivity (Wildman–Crippen MR) is 91.1 cm³/mol. The largest absolute Gasteiger partial charge is 0.380 e. The van der Waals surface area contributed by atoms with E-state index in [1.54, 1.807) is 48.5 Å². The van der Waals surface area contributed by atoms with Gasteiger partial charge in [0.15, 0.2) is 7.14 Å². The lowest BCUT2D eigenvalue weighted by molar-refractivity contribution is 0.256. The van der Waals surface area contributed by atoms with E-state index in [1.165, 1.54) is 24.3 Å². The van der Waals surface area contributed by atoms with E-state index in [9.17, 15) is 14.1 Å². The molecule has 1 N–H and O–H groups in total. The highest BCUT2D eigenvalue weighted by molar-refractivity contribution is 7.78. The summed E-state index contributed by atoms with van der Waals surface area (Å²) in [5.74, 6) is -1.62. The van der Waals surface area contributed by atoms with Crippen molar-refractivity contribution in [1.82, 2.24) is 0 Å². The van der Waals surface area contributed by atoms with E-state index in [1.807, 2.05) is 12.1 Å². The van der Waals surface area contributed by atoms with Gasteiger partial charge in [0, 0.05) is 10.6 Å². The quantitative estimate of drug-likeness (QED) is 0.740. The molecule has 0 spiro atoms. The molecular formula is C19H16FO2P. The van der Waals surface area contributed by atoms with Crippen molar-refractivity contribution in [2.75, 3.05) is 0 Å². The molecule has 0 saturated heterocycles. The van der Waals surface area contributed by atoms with Gasteiger partial charge in [-0.05, 0) is 17.7 Å². The van der Waals surface area contributed by atoms with Crippen molar-refractivity contribution in [1.29, 1.82) is 0 Å². The smallest absolute Gasteiger partial charge is 0.174 e. The zero-order chi connectivity index (χ0) is 16.3. The van der Waals surface area contributed by atoms with Crippen molar-refractivity contribution >= 4 is 17.8 Å². The van der Waals surface area contributed by atoms with Gasteiger partial charge in [-0.15, -0.1) is 0 Å². The first-order valence-corrected chi connectivity index (χ1v) is 9.04. The molecular weight excluding hydrogens is 310 g/mol. The van der Waals surface area contributed by atoms with Crippen LogP contribution in [-0.2, 0) is 4.57 Å². The Kier molecular flexibility index (Phi) is 4.42. The van der Waals surface area contributed by atoms with Gasteiger partial charge in [0.25, 0.3) is 0 Å². The maximum atomic E-state index is 13.9. The van der Waals surface area contributed by atoms with Crippen LogP contribution in [0, 0.1) is 5.82 Å². The third kappa shape index (κ3) is 2.98. The third-order valence-corrected chi connectivity index (χ3v) is 6.91. The lowest BCUT2D eigenvalue weighted by atomic mass is 10.2. The average molecular weight is 326 g/mol. The molecule has 0 aliphatic rings. The minimum absolute atomic E-state index is 0.393. The first-order chi connectivity index (χ1) is 11.1. The number of benzene rings is 3. The van der Waals surface area contributed by atoms with E-state index < -0.39 is 18.8 Å². The first kappa shape index (κ1) is 15.7. The fraction of sp³-hybridized carbons (Fsp3) is 0.0526. The molecule has 0 saturated carbocycles. The second kappa shape index (κ2) is 6.49. The van der Waals surface area contributed by atoms with Crippen molar-refractivity contribution in [3.05, 3.63) is 96.3 Å². The Bertz CT molecular complexity index is 774. The molecule has 3 rings (SSSR count). The summed E-state index contributed by atoms with van der Waals surface area (Å²) in [4.78, 5) is 0. The van der Waals surface area contributed by atoms with E-state index in [2.05, 4.69) is 0 Å². The maximum Gasteiger partial charge on any atom is 0.174 e. The van der Waals surface area contributed by atoms with E-state index in [0.29, 0.717) is 16.2 Å². The molecule has 3 aromatic carbocycles. The number of hydrogen-bond acceptors (Lipinski definition) is 2. The Morgan fingerprint density at radius 2 is 1.17 bits per heavy atom. The van der Waals surface area contributed by atoms with E-state index in [4.69, 9.17) is 0 Å². The van der Waals surface area contributed by atoms with Crippen LogP contribution in [0.3, 0.4) is 0 Å². The monoisotopic (exact) mass is 326 g/mol. The average Bonchev–Trinajstić information content (AvgIpc) is 2.62. The van der Waals surface area contributed by atoms with Gasteiger partial charge in [0.2, 0.25) is 0 Å². The molecule has 0 bridgehead atoms. The summed E-state index contributed by atoms with van der Waals surface area (Å²) in [5.41, 5.74) is 0.433. The summed E-state index contributed by atoms with van der Waals surface area (Å²) in [7, 11) is -3.32. The zero-order valence-electron chi connectivity index (χ0n) is 12.3. The van der Waals surface area contributed by atoms with Gasteiger partial charge in [0.05, 0.1) is 0 Å². The third-order valence-electron chi connectivity index (χ3n) is 3.79. The zero-order valence-corrected chi connectivity index (χ0v) is 13.2. The van der Waals surface area contributed by atoms with Crippen molar-refractivity contribution in [2.45, 2.75) is 5.85 Å². The van der Waals surface area contributed by atoms with Crippen LogP contribution in [-0.4, -0.2) is 5.11 Å². The molecule has 2 nitrogen and oxygen atoms in total. The van der Waals surface area contributed by atoms with Crippen molar-refractivity contribution < 1.29 is 14.1 Å². The second-order valence-corrected chi connectivity index (χ2v) is 8.09. The van der Waals surface area contributed by atoms with Crippen LogP contribution in [0.2, 0.25) is 0 Å². The summed E-state index contributed by atoms with van der Waals surface area (Å²) >= 11 is 0. The number of aliphatic hydroxyl groups is 1. The summed E-state index contributed by atoms with van der Waals surface area (Å²) in [6.45, 7) is 0. The van der Waals surface area contributed by atoms with Crippen molar-refractivity contribution in [3.8, 4) is 0 Å². The van der Waals surface area contributed by atoms with Crippen LogP contribution >= 0.6 is 7.14 Å². The lowest BCUT2D eigenvalue weighted by Gasteiger charge is -2.25. The molecule has 4 heteroatoms. The Balaban J connectivity index is 2.16. The van der Waals surface area contributed by atoms with Crippen LogP contribution < -0.4 is 10.6 Å². The summed E-state index contributed by atoms with van der Waals surface area (Å²) in [6, 6.07) is 23.3. The summed E-state index contributed by atoms with van der Waals surface area (Å²) in [6.07, 6.45) is 0. The molecule has 0 heterocycles. The van der Waals surface area contributed by atoms with E-state index >= 15 is 0 Å².